The molecule has 0 saturated carbocycles. The van der Waals surface area contributed by atoms with Crippen LogP contribution in [0.1, 0.15) is 0 Å². The molecule has 0 saturated heterocycles. The molecule has 0 amide bonds. The van der Waals surface area contributed by atoms with Gasteiger partial charge in [-0.3, -0.25) is 4.72 Å². The van der Waals surface area contributed by atoms with Gasteiger partial charge in [0.2, 0.25) is 0 Å². The maximum atomic E-state index is 12.1. The molecule has 0 aliphatic heterocycles. The maximum absolute atomic E-state index is 12.1. The third-order valence-electron chi connectivity index (χ3n) is 2.37. The summed E-state index contributed by atoms with van der Waals surface area (Å²) in [6.07, 6.45) is 0. The first-order valence-electron chi connectivity index (χ1n) is 5.22. The lowest BCUT2D eigenvalue weighted by Gasteiger charge is -2.09. The fraction of sp³-hybridized carbons (Fsp3) is 0. The fourth-order valence-electron chi connectivity index (χ4n) is 1.44. The molecule has 2 rings (SSSR count). The number of hydrogen-bond acceptors (Lipinski definition) is 3. The van der Waals surface area contributed by atoms with Crippen molar-refractivity contribution in [2.24, 2.45) is 0 Å². The van der Waals surface area contributed by atoms with E-state index in [4.69, 9.17) is 17.3 Å². The van der Waals surface area contributed by atoms with Gasteiger partial charge in [-0.1, -0.05) is 27.5 Å². The van der Waals surface area contributed by atoms with Crippen LogP contribution in [-0.4, -0.2) is 8.42 Å². The van der Waals surface area contributed by atoms with Crippen LogP contribution in [0, 0.1) is 0 Å². The van der Waals surface area contributed by atoms with Crippen molar-refractivity contribution in [2.45, 2.75) is 4.90 Å². The fourth-order valence-corrected chi connectivity index (χ4v) is 2.87. The van der Waals surface area contributed by atoms with Crippen molar-refractivity contribution in [3.8, 4) is 0 Å². The van der Waals surface area contributed by atoms with Gasteiger partial charge in [-0.2, -0.15) is 0 Å². The molecule has 0 atom stereocenters. The topological polar surface area (TPSA) is 72.2 Å². The van der Waals surface area contributed by atoms with E-state index >= 15 is 0 Å². The smallest absolute Gasteiger partial charge is 0.261 e. The van der Waals surface area contributed by atoms with Gasteiger partial charge in [0.25, 0.3) is 10.0 Å². The van der Waals surface area contributed by atoms with Crippen molar-refractivity contribution in [3.63, 3.8) is 0 Å². The lowest BCUT2D eigenvalue weighted by Crippen LogP contribution is -2.12. The lowest BCUT2D eigenvalue weighted by molar-refractivity contribution is 0.601. The minimum atomic E-state index is -3.63. The number of benzene rings is 2. The number of rotatable bonds is 3. The Labute approximate surface area is 124 Å². The molecule has 100 valence electrons. The van der Waals surface area contributed by atoms with Gasteiger partial charge in [-0.15, -0.1) is 0 Å². The minimum absolute atomic E-state index is 0.171. The van der Waals surface area contributed by atoms with Crippen LogP contribution in [0.25, 0.3) is 0 Å². The van der Waals surface area contributed by atoms with Crippen LogP contribution in [0.15, 0.2) is 51.8 Å². The van der Waals surface area contributed by atoms with E-state index in [2.05, 4.69) is 20.7 Å². The molecule has 2 aromatic rings. The van der Waals surface area contributed by atoms with Crippen molar-refractivity contribution in [3.05, 3.63) is 52.0 Å². The zero-order valence-corrected chi connectivity index (χ0v) is 12.8. The number of sulfonamides is 1. The number of nitrogen functional groups attached to an aromatic ring is 1. The van der Waals surface area contributed by atoms with E-state index < -0.39 is 10.0 Å². The van der Waals surface area contributed by atoms with Crippen molar-refractivity contribution < 1.29 is 8.42 Å². The van der Waals surface area contributed by atoms with Crippen molar-refractivity contribution in [1.82, 2.24) is 0 Å². The molecule has 0 aliphatic carbocycles. The number of hydrogen-bond donors (Lipinski definition) is 2. The van der Waals surface area contributed by atoms with Gasteiger partial charge in [0.15, 0.2) is 0 Å². The molecule has 0 aliphatic rings. The maximum Gasteiger partial charge on any atom is 0.261 e. The summed E-state index contributed by atoms with van der Waals surface area (Å²) in [4.78, 5) is 0.171. The van der Waals surface area contributed by atoms with Crippen LogP contribution in [0.4, 0.5) is 11.4 Å². The Morgan fingerprint density at radius 2 is 1.74 bits per heavy atom. The van der Waals surface area contributed by atoms with E-state index in [9.17, 15) is 8.42 Å². The number of nitrogens with two attached hydrogens (primary N) is 1. The molecule has 0 aromatic heterocycles. The number of halogens is 2. The lowest BCUT2D eigenvalue weighted by atomic mass is 10.3. The summed E-state index contributed by atoms with van der Waals surface area (Å²) < 4.78 is 27.5. The first-order chi connectivity index (χ1) is 8.88. The molecule has 0 heterocycles. The third kappa shape index (κ3) is 3.40. The molecule has 0 bridgehead atoms. The second-order valence-electron chi connectivity index (χ2n) is 3.80. The molecule has 0 radical (unpaired) electrons. The summed E-state index contributed by atoms with van der Waals surface area (Å²) >= 11 is 9.03. The quantitative estimate of drug-likeness (QED) is 0.822. The summed E-state index contributed by atoms with van der Waals surface area (Å²) in [5, 5.41) is 0.381. The number of anilines is 2. The first kappa shape index (κ1) is 14.2. The highest BCUT2D eigenvalue weighted by Gasteiger charge is 2.14. The van der Waals surface area contributed by atoms with E-state index in [0.717, 1.165) is 4.47 Å². The third-order valence-corrected chi connectivity index (χ3v) is 4.64. The Balaban J connectivity index is 2.30. The molecule has 19 heavy (non-hydrogen) atoms. The standard InChI is InChI=1S/C12H10BrClN2O2S/c13-8-1-4-10(5-2-8)19(17,18)16-9-3-6-11(14)12(15)7-9/h1-7,16H,15H2. The molecule has 0 spiro atoms. The summed E-state index contributed by atoms with van der Waals surface area (Å²) in [6, 6.07) is 10.9. The average Bonchev–Trinajstić information content (AvgIpc) is 2.34. The molecular formula is C12H10BrClN2O2S. The minimum Gasteiger partial charge on any atom is -0.397 e. The Morgan fingerprint density at radius 3 is 2.32 bits per heavy atom. The van der Waals surface area contributed by atoms with Gasteiger partial charge in [0.05, 0.1) is 21.3 Å². The monoisotopic (exact) mass is 360 g/mol. The van der Waals surface area contributed by atoms with E-state index in [1.54, 1.807) is 18.2 Å². The molecule has 0 unspecified atom stereocenters. The molecule has 3 N–H and O–H groups in total. The van der Waals surface area contributed by atoms with Gasteiger partial charge >= 0.3 is 0 Å². The van der Waals surface area contributed by atoms with Crippen molar-refractivity contribution in [2.75, 3.05) is 10.5 Å². The second kappa shape index (κ2) is 5.40. The highest BCUT2D eigenvalue weighted by atomic mass is 79.9. The van der Waals surface area contributed by atoms with Gasteiger partial charge in [-0.05, 0) is 42.5 Å². The summed E-state index contributed by atoms with van der Waals surface area (Å²) in [6.45, 7) is 0. The average molecular weight is 362 g/mol. The van der Waals surface area contributed by atoms with Gasteiger partial charge in [-0.25, -0.2) is 8.42 Å². The first-order valence-corrected chi connectivity index (χ1v) is 7.87. The molecular weight excluding hydrogens is 352 g/mol. The van der Waals surface area contributed by atoms with Crippen LogP contribution in [0.3, 0.4) is 0 Å². The summed E-state index contributed by atoms with van der Waals surface area (Å²) in [7, 11) is -3.63. The SMILES string of the molecule is Nc1cc(NS(=O)(=O)c2ccc(Br)cc2)ccc1Cl. The molecule has 0 fully saturated rings. The number of nitrogens with one attached hydrogen (secondary N) is 1. The van der Waals surface area contributed by atoms with Crippen LogP contribution >= 0.6 is 27.5 Å². The van der Waals surface area contributed by atoms with Crippen molar-refractivity contribution >= 4 is 48.9 Å². The summed E-state index contributed by atoms with van der Waals surface area (Å²) in [5.41, 5.74) is 6.31. The highest BCUT2D eigenvalue weighted by molar-refractivity contribution is 9.10. The zero-order valence-electron chi connectivity index (χ0n) is 9.60. The second-order valence-corrected chi connectivity index (χ2v) is 6.80. The van der Waals surface area contributed by atoms with E-state index in [1.807, 2.05) is 0 Å². The molecule has 7 heteroatoms. The largest absolute Gasteiger partial charge is 0.397 e. The van der Waals surface area contributed by atoms with Crippen LogP contribution in [0.5, 0.6) is 0 Å². The predicted octanol–water partition coefficient (Wildman–Crippen LogP) is 3.49. The highest BCUT2D eigenvalue weighted by Crippen LogP contribution is 2.24. The molecule has 2 aromatic carbocycles. The van der Waals surface area contributed by atoms with Gasteiger partial charge in [0.1, 0.15) is 0 Å². The Hall–Kier alpha value is -1.24. The Morgan fingerprint density at radius 1 is 1.11 bits per heavy atom. The summed E-state index contributed by atoms with van der Waals surface area (Å²) in [5.74, 6) is 0. The van der Waals surface area contributed by atoms with Crippen LogP contribution < -0.4 is 10.5 Å². The Bertz CT molecular complexity index is 702. The molecule has 4 nitrogen and oxygen atoms in total. The predicted molar refractivity (Wildman–Crippen MR) is 80.8 cm³/mol. The van der Waals surface area contributed by atoms with Crippen molar-refractivity contribution in [1.29, 1.82) is 0 Å². The van der Waals surface area contributed by atoms with Gasteiger partial charge in [0, 0.05) is 4.47 Å². The Kier molecular flexibility index (Phi) is 4.03. The zero-order chi connectivity index (χ0) is 14.0. The normalized spacial score (nSPS) is 11.3. The van der Waals surface area contributed by atoms with Crippen LogP contribution in [0.2, 0.25) is 5.02 Å². The van der Waals surface area contributed by atoms with Crippen LogP contribution in [-0.2, 0) is 10.0 Å². The van der Waals surface area contributed by atoms with E-state index in [0.29, 0.717) is 16.4 Å². The van der Waals surface area contributed by atoms with Gasteiger partial charge < -0.3 is 5.73 Å². The van der Waals surface area contributed by atoms with E-state index in [-0.39, 0.29) is 4.90 Å². The van der Waals surface area contributed by atoms with E-state index in [1.165, 1.54) is 24.3 Å².